The molecule has 0 aliphatic rings. The normalized spacial score (nSPS) is 12.3. The first kappa shape index (κ1) is 20.0. The van der Waals surface area contributed by atoms with Gasteiger partial charge in [-0.2, -0.15) is 0 Å². The Morgan fingerprint density at radius 2 is 1.92 bits per heavy atom. The molecule has 6 nitrogen and oxygen atoms in total. The van der Waals surface area contributed by atoms with E-state index in [-0.39, 0.29) is 18.4 Å². The molecule has 2 N–H and O–H groups in total. The topological polar surface area (TPSA) is 80.6 Å². The van der Waals surface area contributed by atoms with Gasteiger partial charge in [0.1, 0.15) is 11.7 Å². The summed E-state index contributed by atoms with van der Waals surface area (Å²) in [5.41, 5.74) is 1.52. The van der Waals surface area contributed by atoms with E-state index < -0.39 is 12.0 Å². The van der Waals surface area contributed by atoms with Crippen molar-refractivity contribution >= 4 is 22.8 Å². The number of methoxy groups -OCH3 is 1. The first-order valence-electron chi connectivity index (χ1n) is 9.07. The van der Waals surface area contributed by atoms with Crippen molar-refractivity contribution < 1.29 is 19.4 Å². The number of benzene rings is 1. The van der Waals surface area contributed by atoms with E-state index in [0.29, 0.717) is 12.2 Å². The largest absolute Gasteiger partial charge is 0.467 e. The Labute approximate surface area is 154 Å². The van der Waals surface area contributed by atoms with Gasteiger partial charge in [0.2, 0.25) is 0 Å². The van der Waals surface area contributed by atoms with Crippen LogP contribution in [0.15, 0.2) is 30.3 Å². The standard InChI is InChI=1S/C20H28N2O4/c1-14(2)18(20(25)26-3)21-19(24)17-13-15-9-5-6-10-16(15)22(17)11-7-4-8-12-23/h5-6,9-10,13-14,18,23H,4,7-8,11-12H2,1-3H3,(H,21,24)/t18-/m0/s1. The number of ether oxygens (including phenoxy) is 1. The van der Waals surface area contributed by atoms with E-state index in [1.165, 1.54) is 7.11 Å². The van der Waals surface area contributed by atoms with Gasteiger partial charge in [-0.3, -0.25) is 4.79 Å². The number of hydrogen-bond donors (Lipinski definition) is 2. The predicted molar refractivity (Wildman–Crippen MR) is 101 cm³/mol. The average molecular weight is 360 g/mol. The van der Waals surface area contributed by atoms with Crippen LogP contribution in [0.1, 0.15) is 43.6 Å². The number of aliphatic hydroxyl groups is 1. The van der Waals surface area contributed by atoms with Crippen LogP contribution in [0.3, 0.4) is 0 Å². The lowest BCUT2D eigenvalue weighted by Gasteiger charge is -2.20. The van der Waals surface area contributed by atoms with Gasteiger partial charge < -0.3 is 19.7 Å². The van der Waals surface area contributed by atoms with Gasteiger partial charge in [0.15, 0.2) is 0 Å². The van der Waals surface area contributed by atoms with E-state index in [1.54, 1.807) is 0 Å². The third kappa shape index (κ3) is 4.64. The van der Waals surface area contributed by atoms with Crippen LogP contribution in [0.5, 0.6) is 0 Å². The maximum Gasteiger partial charge on any atom is 0.328 e. The van der Waals surface area contributed by atoms with Gasteiger partial charge in [0, 0.05) is 24.1 Å². The lowest BCUT2D eigenvalue weighted by Crippen LogP contribution is -2.45. The number of aromatic nitrogens is 1. The molecule has 0 aliphatic heterocycles. The molecule has 0 saturated heterocycles. The highest BCUT2D eigenvalue weighted by molar-refractivity contribution is 6.00. The van der Waals surface area contributed by atoms with Gasteiger partial charge in [-0.25, -0.2) is 4.79 Å². The lowest BCUT2D eigenvalue weighted by molar-refractivity contribution is -0.144. The number of para-hydroxylation sites is 1. The number of carbonyl (C=O) groups excluding carboxylic acids is 2. The van der Waals surface area contributed by atoms with Crippen molar-refractivity contribution in [1.29, 1.82) is 0 Å². The van der Waals surface area contributed by atoms with Crippen molar-refractivity contribution in [2.75, 3.05) is 13.7 Å². The molecule has 0 radical (unpaired) electrons. The summed E-state index contributed by atoms with van der Waals surface area (Å²) in [7, 11) is 1.32. The molecule has 1 amide bonds. The maximum atomic E-state index is 12.9. The number of amides is 1. The second-order valence-corrected chi connectivity index (χ2v) is 6.74. The number of aryl methyl sites for hydroxylation is 1. The molecular weight excluding hydrogens is 332 g/mol. The van der Waals surface area contributed by atoms with Crippen LogP contribution >= 0.6 is 0 Å². The third-order valence-corrected chi connectivity index (χ3v) is 4.49. The monoisotopic (exact) mass is 360 g/mol. The number of hydrogen-bond acceptors (Lipinski definition) is 4. The fourth-order valence-corrected chi connectivity index (χ4v) is 3.04. The molecule has 142 valence electrons. The molecule has 26 heavy (non-hydrogen) atoms. The van der Waals surface area contributed by atoms with Crippen LogP contribution in [-0.4, -0.2) is 41.3 Å². The fourth-order valence-electron chi connectivity index (χ4n) is 3.04. The predicted octanol–water partition coefficient (Wildman–Crippen LogP) is 2.73. The zero-order chi connectivity index (χ0) is 19.1. The van der Waals surface area contributed by atoms with Crippen molar-refractivity contribution in [3.63, 3.8) is 0 Å². The Hall–Kier alpha value is -2.34. The van der Waals surface area contributed by atoms with Crippen molar-refractivity contribution in [2.45, 2.75) is 45.7 Å². The van der Waals surface area contributed by atoms with E-state index in [2.05, 4.69) is 5.32 Å². The molecule has 1 aromatic carbocycles. The van der Waals surface area contributed by atoms with Crippen LogP contribution in [-0.2, 0) is 16.1 Å². The number of carbonyl (C=O) groups is 2. The highest BCUT2D eigenvalue weighted by atomic mass is 16.5. The van der Waals surface area contributed by atoms with Gasteiger partial charge in [-0.1, -0.05) is 32.0 Å². The van der Waals surface area contributed by atoms with Crippen molar-refractivity contribution in [3.8, 4) is 0 Å². The highest BCUT2D eigenvalue weighted by Gasteiger charge is 2.27. The summed E-state index contributed by atoms with van der Waals surface area (Å²) < 4.78 is 6.79. The lowest BCUT2D eigenvalue weighted by atomic mass is 10.0. The minimum Gasteiger partial charge on any atom is -0.467 e. The Balaban J connectivity index is 2.28. The molecule has 0 saturated carbocycles. The zero-order valence-corrected chi connectivity index (χ0v) is 15.7. The molecule has 2 aromatic rings. The Morgan fingerprint density at radius 3 is 2.58 bits per heavy atom. The maximum absolute atomic E-state index is 12.9. The van der Waals surface area contributed by atoms with Crippen LogP contribution in [0.25, 0.3) is 10.9 Å². The van der Waals surface area contributed by atoms with E-state index >= 15 is 0 Å². The van der Waals surface area contributed by atoms with Gasteiger partial charge in [-0.05, 0) is 37.3 Å². The summed E-state index contributed by atoms with van der Waals surface area (Å²) in [6, 6.07) is 9.00. The summed E-state index contributed by atoms with van der Waals surface area (Å²) in [5, 5.41) is 12.7. The number of nitrogens with one attached hydrogen (secondary N) is 1. The number of fused-ring (bicyclic) bond motifs is 1. The summed E-state index contributed by atoms with van der Waals surface area (Å²) in [6.07, 6.45) is 2.50. The van der Waals surface area contributed by atoms with Crippen LogP contribution in [0.4, 0.5) is 0 Å². The van der Waals surface area contributed by atoms with Crippen molar-refractivity contribution in [3.05, 3.63) is 36.0 Å². The highest BCUT2D eigenvalue weighted by Crippen LogP contribution is 2.21. The quantitative estimate of drug-likeness (QED) is 0.532. The molecular formula is C20H28N2O4. The van der Waals surface area contributed by atoms with E-state index in [0.717, 1.165) is 30.2 Å². The van der Waals surface area contributed by atoms with Gasteiger partial charge in [0.05, 0.1) is 7.11 Å². The van der Waals surface area contributed by atoms with E-state index in [4.69, 9.17) is 9.84 Å². The molecule has 2 rings (SSSR count). The van der Waals surface area contributed by atoms with E-state index in [1.807, 2.05) is 48.7 Å². The number of aliphatic hydroxyl groups excluding tert-OH is 1. The van der Waals surface area contributed by atoms with Crippen LogP contribution in [0.2, 0.25) is 0 Å². The Bertz CT molecular complexity index is 751. The summed E-state index contributed by atoms with van der Waals surface area (Å²) in [5.74, 6) is -0.805. The Morgan fingerprint density at radius 1 is 1.19 bits per heavy atom. The number of esters is 1. The molecule has 6 heteroatoms. The van der Waals surface area contributed by atoms with Crippen LogP contribution in [0, 0.1) is 5.92 Å². The summed E-state index contributed by atoms with van der Waals surface area (Å²) in [4.78, 5) is 24.8. The van der Waals surface area contributed by atoms with Crippen LogP contribution < -0.4 is 5.32 Å². The van der Waals surface area contributed by atoms with E-state index in [9.17, 15) is 9.59 Å². The summed E-state index contributed by atoms with van der Waals surface area (Å²) >= 11 is 0. The molecule has 0 bridgehead atoms. The second-order valence-electron chi connectivity index (χ2n) is 6.74. The minimum absolute atomic E-state index is 0.0752. The first-order chi connectivity index (χ1) is 12.5. The molecule has 0 aliphatic carbocycles. The second kappa shape index (κ2) is 9.38. The molecule has 1 heterocycles. The van der Waals surface area contributed by atoms with Gasteiger partial charge >= 0.3 is 5.97 Å². The van der Waals surface area contributed by atoms with Crippen molar-refractivity contribution in [1.82, 2.24) is 9.88 Å². The smallest absolute Gasteiger partial charge is 0.328 e. The minimum atomic E-state index is -0.687. The first-order valence-corrected chi connectivity index (χ1v) is 9.07. The molecule has 1 atom stereocenters. The Kier molecular flexibility index (Phi) is 7.21. The number of unbranched alkanes of at least 4 members (excludes halogenated alkanes) is 2. The summed E-state index contributed by atoms with van der Waals surface area (Å²) in [6.45, 7) is 4.59. The molecule has 0 unspecified atom stereocenters. The van der Waals surface area contributed by atoms with Gasteiger partial charge in [-0.15, -0.1) is 0 Å². The van der Waals surface area contributed by atoms with Gasteiger partial charge in [0.25, 0.3) is 5.91 Å². The van der Waals surface area contributed by atoms with Crippen molar-refractivity contribution in [2.24, 2.45) is 5.92 Å². The number of rotatable bonds is 9. The third-order valence-electron chi connectivity index (χ3n) is 4.49. The average Bonchev–Trinajstić information content (AvgIpc) is 3.01. The number of nitrogens with zero attached hydrogens (tertiary/aromatic N) is 1. The zero-order valence-electron chi connectivity index (χ0n) is 15.7. The SMILES string of the molecule is COC(=O)[C@@H](NC(=O)c1cc2ccccc2n1CCCCCO)C(C)C. The molecule has 0 spiro atoms. The molecule has 0 fully saturated rings. The molecule has 1 aromatic heterocycles. The fraction of sp³-hybridized carbons (Fsp3) is 0.500.